The van der Waals surface area contributed by atoms with Crippen molar-refractivity contribution in [2.75, 3.05) is 26.6 Å². The van der Waals surface area contributed by atoms with E-state index in [1.54, 1.807) is 0 Å². The van der Waals surface area contributed by atoms with Gasteiger partial charge >= 0.3 is 0 Å². The molecule has 8 heteroatoms. The van der Waals surface area contributed by atoms with Gasteiger partial charge in [0.1, 0.15) is 31.2 Å². The van der Waals surface area contributed by atoms with Crippen molar-refractivity contribution in [1.29, 1.82) is 0 Å². The summed E-state index contributed by atoms with van der Waals surface area (Å²) in [4.78, 5) is 0. The minimum atomic E-state index is -1.63. The third-order valence-electron chi connectivity index (χ3n) is 2.78. The fraction of sp³-hybridized carbons (Fsp3) is 1.00. The quantitative estimate of drug-likeness (QED) is 0.184. The Kier molecular flexibility index (Phi) is 9.77. The van der Waals surface area contributed by atoms with E-state index in [0.717, 1.165) is 6.04 Å². The van der Waals surface area contributed by atoms with E-state index in [9.17, 15) is 15.3 Å². The van der Waals surface area contributed by atoms with Crippen LogP contribution in [0.4, 0.5) is 0 Å². The summed E-state index contributed by atoms with van der Waals surface area (Å²) in [5.41, 5.74) is 0. The highest BCUT2D eigenvalue weighted by atomic mass is 28.3. The fourth-order valence-electron chi connectivity index (χ4n) is 1.33. The van der Waals surface area contributed by atoms with Gasteiger partial charge in [0.25, 0.3) is 0 Å². The van der Waals surface area contributed by atoms with Crippen LogP contribution in [0.25, 0.3) is 0 Å². The van der Waals surface area contributed by atoms with Crippen LogP contribution in [-0.2, 0) is 9.47 Å². The third-order valence-corrected chi connectivity index (χ3v) is 4.48. The lowest BCUT2D eigenvalue weighted by atomic mass is 10.0. The average molecular weight is 312 g/mol. The van der Waals surface area contributed by atoms with Crippen LogP contribution in [0.3, 0.4) is 0 Å². The largest absolute Gasteiger partial charge is 0.394 e. The van der Waals surface area contributed by atoms with Crippen LogP contribution in [0, 0.1) is 0 Å². The van der Waals surface area contributed by atoms with Crippen LogP contribution < -0.4 is 0 Å². The zero-order valence-corrected chi connectivity index (χ0v) is 13.4. The van der Waals surface area contributed by atoms with E-state index in [2.05, 4.69) is 19.6 Å². The molecule has 0 aliphatic rings. The molecule has 0 aliphatic heterocycles. The number of aliphatic hydroxyl groups excluding tert-OH is 5. The predicted molar refractivity (Wildman–Crippen MR) is 76.0 cm³/mol. The highest BCUT2D eigenvalue weighted by molar-refractivity contribution is 6.76. The number of hydrogen-bond donors (Lipinski definition) is 5. The summed E-state index contributed by atoms with van der Waals surface area (Å²) < 4.78 is 10.3. The van der Waals surface area contributed by atoms with Crippen LogP contribution in [0.2, 0.25) is 25.7 Å². The number of ether oxygens (including phenoxy) is 2. The normalized spacial score (nSPS) is 18.6. The second-order valence-electron chi connectivity index (χ2n) is 6.01. The Morgan fingerprint density at radius 3 is 1.95 bits per heavy atom. The molecule has 0 heterocycles. The summed E-state index contributed by atoms with van der Waals surface area (Å²) in [5, 5.41) is 46.2. The van der Waals surface area contributed by atoms with Crippen LogP contribution in [0.1, 0.15) is 0 Å². The van der Waals surface area contributed by atoms with Gasteiger partial charge in [-0.25, -0.2) is 0 Å². The Balaban J connectivity index is 3.74. The first-order chi connectivity index (χ1) is 9.19. The fourth-order valence-corrected chi connectivity index (χ4v) is 2.08. The Hall–Kier alpha value is -0.0631. The standard InChI is InChI=1S/C12H28O7Si/c1-20(2,3)5-4-18-8-19-7-10(15)12(17)11(16)9(14)6-13/h9-17H,4-8H2,1-3H3/t9-,10+,11-,12-/m1/s1. The van der Waals surface area contributed by atoms with Gasteiger partial charge < -0.3 is 35.0 Å². The molecule has 0 fully saturated rings. The van der Waals surface area contributed by atoms with Gasteiger partial charge in [-0.15, -0.1) is 0 Å². The molecule has 0 aromatic rings. The molecule has 0 radical (unpaired) electrons. The van der Waals surface area contributed by atoms with E-state index in [0.29, 0.717) is 6.61 Å². The van der Waals surface area contributed by atoms with Gasteiger partial charge in [-0.2, -0.15) is 0 Å². The zero-order chi connectivity index (χ0) is 15.8. The van der Waals surface area contributed by atoms with Crippen molar-refractivity contribution in [3.63, 3.8) is 0 Å². The third kappa shape index (κ3) is 8.98. The van der Waals surface area contributed by atoms with E-state index in [-0.39, 0.29) is 13.4 Å². The minimum Gasteiger partial charge on any atom is -0.394 e. The molecular formula is C12H28O7Si. The SMILES string of the molecule is C[Si](C)(C)CCOCOC[C@H](O)[C@@H](O)[C@H](O)[C@H](O)CO. The average Bonchev–Trinajstić information content (AvgIpc) is 2.38. The first kappa shape index (κ1) is 19.9. The predicted octanol–water partition coefficient (Wildman–Crippen LogP) is -1.25. The maximum Gasteiger partial charge on any atom is 0.146 e. The Bertz CT molecular complexity index is 246. The second-order valence-corrected chi connectivity index (χ2v) is 11.6. The first-order valence-electron chi connectivity index (χ1n) is 6.67. The lowest BCUT2D eigenvalue weighted by Crippen LogP contribution is -2.47. The van der Waals surface area contributed by atoms with Crippen molar-refractivity contribution in [3.05, 3.63) is 0 Å². The number of aliphatic hydroxyl groups is 5. The maximum absolute atomic E-state index is 9.54. The summed E-state index contributed by atoms with van der Waals surface area (Å²) in [7, 11) is -1.14. The van der Waals surface area contributed by atoms with Crippen molar-refractivity contribution in [3.8, 4) is 0 Å². The summed E-state index contributed by atoms with van der Waals surface area (Å²) >= 11 is 0. The van der Waals surface area contributed by atoms with E-state index in [1.807, 2.05) is 0 Å². The van der Waals surface area contributed by atoms with Gasteiger partial charge in [-0.1, -0.05) is 19.6 Å². The topological polar surface area (TPSA) is 120 Å². The van der Waals surface area contributed by atoms with Gasteiger partial charge in [0.2, 0.25) is 0 Å². The van der Waals surface area contributed by atoms with Crippen LogP contribution in [0.15, 0.2) is 0 Å². The molecule has 4 atom stereocenters. The molecule has 0 bridgehead atoms. The molecule has 0 aromatic heterocycles. The molecule has 7 nitrogen and oxygen atoms in total. The summed E-state index contributed by atoms with van der Waals surface area (Å²) in [5.74, 6) is 0. The van der Waals surface area contributed by atoms with Crippen LogP contribution >= 0.6 is 0 Å². The second kappa shape index (κ2) is 9.80. The van der Waals surface area contributed by atoms with Crippen molar-refractivity contribution in [1.82, 2.24) is 0 Å². The van der Waals surface area contributed by atoms with Gasteiger partial charge in [-0.05, 0) is 6.04 Å². The minimum absolute atomic E-state index is 0.00703. The van der Waals surface area contributed by atoms with Crippen molar-refractivity contribution >= 4 is 8.07 Å². The lowest BCUT2D eigenvalue weighted by molar-refractivity contribution is -0.144. The van der Waals surface area contributed by atoms with Crippen molar-refractivity contribution < 1.29 is 35.0 Å². The highest BCUT2D eigenvalue weighted by Gasteiger charge is 2.30. The van der Waals surface area contributed by atoms with Gasteiger partial charge in [0.05, 0.1) is 13.2 Å². The molecule has 20 heavy (non-hydrogen) atoms. The van der Waals surface area contributed by atoms with E-state index >= 15 is 0 Å². The summed E-state index contributed by atoms with van der Waals surface area (Å²) in [6, 6.07) is 1.00. The van der Waals surface area contributed by atoms with Crippen LogP contribution in [-0.4, -0.2) is 84.6 Å². The molecule has 0 spiro atoms. The highest BCUT2D eigenvalue weighted by Crippen LogP contribution is 2.08. The molecule has 0 amide bonds. The summed E-state index contributed by atoms with van der Waals surface area (Å²) in [6.45, 7) is 6.32. The van der Waals surface area contributed by atoms with Gasteiger partial charge in [-0.3, -0.25) is 0 Å². The molecule has 5 N–H and O–H groups in total. The Morgan fingerprint density at radius 1 is 0.900 bits per heavy atom. The van der Waals surface area contributed by atoms with Crippen molar-refractivity contribution in [2.24, 2.45) is 0 Å². The molecule has 0 unspecified atom stereocenters. The molecule has 0 saturated heterocycles. The molecule has 0 saturated carbocycles. The molecule has 0 aromatic carbocycles. The smallest absolute Gasteiger partial charge is 0.146 e. The zero-order valence-electron chi connectivity index (χ0n) is 12.4. The van der Waals surface area contributed by atoms with E-state index < -0.39 is 39.1 Å². The molecule has 0 rings (SSSR count). The van der Waals surface area contributed by atoms with E-state index in [4.69, 9.17) is 19.7 Å². The first-order valence-corrected chi connectivity index (χ1v) is 10.4. The number of hydrogen-bond acceptors (Lipinski definition) is 7. The summed E-state index contributed by atoms with van der Waals surface area (Å²) in [6.07, 6.45) is -6.11. The Morgan fingerprint density at radius 2 is 1.45 bits per heavy atom. The lowest BCUT2D eigenvalue weighted by Gasteiger charge is -2.25. The van der Waals surface area contributed by atoms with Gasteiger partial charge in [0, 0.05) is 14.7 Å². The van der Waals surface area contributed by atoms with Crippen LogP contribution in [0.5, 0.6) is 0 Å². The van der Waals surface area contributed by atoms with Gasteiger partial charge in [0.15, 0.2) is 0 Å². The van der Waals surface area contributed by atoms with Crippen molar-refractivity contribution in [2.45, 2.75) is 50.1 Å². The van der Waals surface area contributed by atoms with E-state index in [1.165, 1.54) is 0 Å². The number of rotatable bonds is 11. The molecule has 122 valence electrons. The maximum atomic E-state index is 9.54. The molecule has 0 aliphatic carbocycles. The monoisotopic (exact) mass is 312 g/mol. The molecular weight excluding hydrogens is 284 g/mol. The Labute approximate surface area is 120 Å².